The molecule has 138 valence electrons. The summed E-state index contributed by atoms with van der Waals surface area (Å²) in [7, 11) is 1.49. The second kappa shape index (κ2) is 6.45. The molecule has 4 rings (SSSR count). The van der Waals surface area contributed by atoms with E-state index in [1.54, 1.807) is 6.20 Å². The number of nitrogens with zero attached hydrogens (tertiary/aromatic N) is 2. The minimum atomic E-state index is -4.35. The predicted molar refractivity (Wildman–Crippen MR) is 91.9 cm³/mol. The summed E-state index contributed by atoms with van der Waals surface area (Å²) in [5.41, 5.74) is 0.659. The third-order valence-corrected chi connectivity index (χ3v) is 5.53. The molecule has 0 radical (unpaired) electrons. The van der Waals surface area contributed by atoms with Gasteiger partial charge in [0.05, 0.1) is 12.7 Å². The molecule has 4 nitrogen and oxygen atoms in total. The van der Waals surface area contributed by atoms with E-state index in [4.69, 9.17) is 4.74 Å². The molecule has 0 unspecified atom stereocenters. The monoisotopic (exact) mass is 363 g/mol. The van der Waals surface area contributed by atoms with Crippen LogP contribution < -0.4 is 10.1 Å². The second-order valence-electron chi connectivity index (χ2n) is 7.12. The maximum absolute atomic E-state index is 12.8. The molecule has 26 heavy (non-hydrogen) atoms. The first-order valence-electron chi connectivity index (χ1n) is 8.79. The number of halogens is 3. The van der Waals surface area contributed by atoms with Gasteiger partial charge in [0.2, 0.25) is 0 Å². The van der Waals surface area contributed by atoms with Gasteiger partial charge in [-0.05, 0) is 48.8 Å². The largest absolute Gasteiger partial charge is 0.467 e. The normalized spacial score (nSPS) is 24.7. The van der Waals surface area contributed by atoms with Crippen LogP contribution >= 0.6 is 0 Å². The van der Waals surface area contributed by atoms with Crippen LogP contribution in [-0.4, -0.2) is 23.1 Å². The number of fused-ring (bicyclic) bond motifs is 2. The Hall–Kier alpha value is -2.31. The smallest absolute Gasteiger partial charge is 0.416 e. The van der Waals surface area contributed by atoms with Gasteiger partial charge in [0, 0.05) is 17.8 Å². The molecule has 1 N–H and O–H groups in total. The number of hydrogen-bond acceptors (Lipinski definition) is 4. The number of methoxy groups -OCH3 is 1. The van der Waals surface area contributed by atoms with Gasteiger partial charge in [0.1, 0.15) is 5.82 Å². The van der Waals surface area contributed by atoms with Crippen LogP contribution in [0, 0.1) is 11.8 Å². The summed E-state index contributed by atoms with van der Waals surface area (Å²) in [5.74, 6) is 2.03. The summed E-state index contributed by atoms with van der Waals surface area (Å²) < 4.78 is 43.5. The quantitative estimate of drug-likeness (QED) is 0.850. The number of hydrogen-bond donors (Lipinski definition) is 1. The molecule has 1 aromatic heterocycles. The van der Waals surface area contributed by atoms with Gasteiger partial charge in [-0.3, -0.25) is 0 Å². The zero-order valence-electron chi connectivity index (χ0n) is 14.4. The molecule has 7 heteroatoms. The fraction of sp³-hybridized carbons (Fsp3) is 0.474. The Morgan fingerprint density at radius 2 is 1.88 bits per heavy atom. The highest BCUT2D eigenvalue weighted by molar-refractivity contribution is 5.75. The Balaban J connectivity index is 1.65. The van der Waals surface area contributed by atoms with Crippen molar-refractivity contribution in [2.24, 2.45) is 11.8 Å². The zero-order chi connectivity index (χ0) is 18.3. The summed E-state index contributed by atoms with van der Waals surface area (Å²) in [6, 6.07) is 5.68. The third-order valence-electron chi connectivity index (χ3n) is 5.53. The van der Waals surface area contributed by atoms with Gasteiger partial charge in [0.15, 0.2) is 0 Å². The topological polar surface area (TPSA) is 47.0 Å². The van der Waals surface area contributed by atoms with Crippen LogP contribution in [0.15, 0.2) is 30.5 Å². The van der Waals surface area contributed by atoms with E-state index < -0.39 is 11.7 Å². The highest BCUT2D eigenvalue weighted by Gasteiger charge is 2.40. The lowest BCUT2D eigenvalue weighted by Crippen LogP contribution is -2.26. The molecule has 3 atom stereocenters. The zero-order valence-corrected chi connectivity index (χ0v) is 14.4. The lowest BCUT2D eigenvalue weighted by atomic mass is 9.95. The minimum absolute atomic E-state index is 0.242. The average Bonchev–Trinajstić information content (AvgIpc) is 3.24. The lowest BCUT2D eigenvalue weighted by molar-refractivity contribution is -0.137. The van der Waals surface area contributed by atoms with Crippen LogP contribution in [0.25, 0.3) is 11.1 Å². The third kappa shape index (κ3) is 3.22. The van der Waals surface area contributed by atoms with Gasteiger partial charge in [0.25, 0.3) is 0 Å². The molecule has 0 amide bonds. The van der Waals surface area contributed by atoms with Crippen LogP contribution in [0.5, 0.6) is 6.01 Å². The Bertz CT molecular complexity index is 792. The second-order valence-corrected chi connectivity index (χ2v) is 7.12. The first-order chi connectivity index (χ1) is 12.4. The fourth-order valence-corrected chi connectivity index (χ4v) is 4.22. The lowest BCUT2D eigenvalue weighted by Gasteiger charge is -2.24. The Labute approximate surface area is 149 Å². The molecule has 2 fully saturated rings. The number of aromatic nitrogens is 2. The van der Waals surface area contributed by atoms with Crippen molar-refractivity contribution in [1.29, 1.82) is 0 Å². The van der Waals surface area contributed by atoms with Crippen molar-refractivity contribution in [3.8, 4) is 17.1 Å². The molecule has 0 spiro atoms. The van der Waals surface area contributed by atoms with E-state index >= 15 is 0 Å². The number of alkyl halides is 3. The van der Waals surface area contributed by atoms with Crippen molar-refractivity contribution >= 4 is 5.82 Å². The van der Waals surface area contributed by atoms with Gasteiger partial charge in [-0.15, -0.1) is 0 Å². The van der Waals surface area contributed by atoms with Crippen molar-refractivity contribution in [3.63, 3.8) is 0 Å². The Kier molecular flexibility index (Phi) is 4.25. The van der Waals surface area contributed by atoms with Crippen LogP contribution in [0.2, 0.25) is 0 Å². The summed E-state index contributed by atoms with van der Waals surface area (Å²) in [6.07, 6.45) is 2.13. The SMILES string of the molecule is COc1ncc(-c2ccc(C(F)(F)F)cc2)c(N[C@@H]2C[C@@H]3CC[C@H]2C3)n1. The molecule has 2 aliphatic carbocycles. The number of nitrogens with one attached hydrogen (secondary N) is 1. The van der Waals surface area contributed by atoms with E-state index in [9.17, 15) is 13.2 Å². The molecule has 2 saturated carbocycles. The van der Waals surface area contributed by atoms with E-state index in [-0.39, 0.29) is 6.01 Å². The van der Waals surface area contributed by atoms with Crippen LogP contribution in [0.4, 0.5) is 19.0 Å². The van der Waals surface area contributed by atoms with E-state index in [1.807, 2.05) is 0 Å². The van der Waals surface area contributed by atoms with Crippen LogP contribution in [0.1, 0.15) is 31.2 Å². The molecule has 1 aromatic carbocycles. The number of ether oxygens (including phenoxy) is 1. The van der Waals surface area contributed by atoms with Gasteiger partial charge in [-0.2, -0.15) is 18.2 Å². The molecule has 2 bridgehead atoms. The van der Waals surface area contributed by atoms with E-state index in [2.05, 4.69) is 15.3 Å². The van der Waals surface area contributed by atoms with Crippen LogP contribution in [-0.2, 0) is 6.18 Å². The summed E-state index contributed by atoms with van der Waals surface area (Å²) >= 11 is 0. The van der Waals surface area contributed by atoms with E-state index in [0.717, 1.165) is 24.5 Å². The van der Waals surface area contributed by atoms with Gasteiger partial charge in [-0.25, -0.2) is 4.98 Å². The molecule has 1 heterocycles. The first kappa shape index (κ1) is 17.1. The van der Waals surface area contributed by atoms with Crippen molar-refractivity contribution in [3.05, 3.63) is 36.0 Å². The maximum atomic E-state index is 12.8. The number of anilines is 1. The Morgan fingerprint density at radius 1 is 1.12 bits per heavy atom. The summed E-state index contributed by atoms with van der Waals surface area (Å²) in [4.78, 5) is 8.55. The van der Waals surface area contributed by atoms with Crippen LogP contribution in [0.3, 0.4) is 0 Å². The van der Waals surface area contributed by atoms with Gasteiger partial charge in [-0.1, -0.05) is 18.6 Å². The van der Waals surface area contributed by atoms with Crippen molar-refractivity contribution in [1.82, 2.24) is 9.97 Å². The van der Waals surface area contributed by atoms with E-state index in [0.29, 0.717) is 28.9 Å². The molecule has 2 aliphatic rings. The molecule has 0 aliphatic heterocycles. The highest BCUT2D eigenvalue weighted by atomic mass is 19.4. The summed E-state index contributed by atoms with van der Waals surface area (Å²) in [6.45, 7) is 0. The molecular formula is C19H20F3N3O. The van der Waals surface area contributed by atoms with Gasteiger partial charge < -0.3 is 10.1 Å². The van der Waals surface area contributed by atoms with Crippen molar-refractivity contribution in [2.75, 3.05) is 12.4 Å². The average molecular weight is 363 g/mol. The number of rotatable bonds is 4. The summed E-state index contributed by atoms with van der Waals surface area (Å²) in [5, 5.41) is 3.51. The van der Waals surface area contributed by atoms with E-state index in [1.165, 1.54) is 38.5 Å². The maximum Gasteiger partial charge on any atom is 0.416 e. The fourth-order valence-electron chi connectivity index (χ4n) is 4.22. The first-order valence-corrected chi connectivity index (χ1v) is 8.79. The Morgan fingerprint density at radius 3 is 2.46 bits per heavy atom. The molecule has 2 aromatic rings. The van der Waals surface area contributed by atoms with Gasteiger partial charge >= 0.3 is 12.2 Å². The molecule has 0 saturated heterocycles. The minimum Gasteiger partial charge on any atom is -0.467 e. The van der Waals surface area contributed by atoms with Crippen molar-refractivity contribution in [2.45, 2.75) is 37.9 Å². The molecular weight excluding hydrogens is 343 g/mol. The highest BCUT2D eigenvalue weighted by Crippen LogP contribution is 2.46. The number of benzene rings is 1. The predicted octanol–water partition coefficient (Wildman–Crippen LogP) is 4.77. The standard InChI is InChI=1S/C19H20F3N3O/c1-26-18-23-10-15(12-4-6-14(7-5-12)19(20,21)22)17(25-18)24-16-9-11-2-3-13(16)8-11/h4-7,10-11,13,16H,2-3,8-9H2,1H3,(H,23,24,25)/t11-,13+,16-/m1/s1. The van der Waals surface area contributed by atoms with Crippen molar-refractivity contribution < 1.29 is 17.9 Å².